The highest BCUT2D eigenvalue weighted by Gasteiger charge is 2.17. The number of hydrogen-bond acceptors (Lipinski definition) is 4. The van der Waals surface area contributed by atoms with Crippen LogP contribution in [0.3, 0.4) is 0 Å². The zero-order chi connectivity index (χ0) is 13.9. The maximum absolute atomic E-state index is 13.0. The van der Waals surface area contributed by atoms with Crippen molar-refractivity contribution < 1.29 is 13.6 Å². The van der Waals surface area contributed by atoms with E-state index in [-0.39, 0.29) is 18.4 Å². The van der Waals surface area contributed by atoms with Gasteiger partial charge in [-0.2, -0.15) is 11.8 Å². The number of thioether (sulfide) groups is 1. The molecule has 3 rings (SSSR count). The number of hydrogen-bond donors (Lipinski definition) is 1. The summed E-state index contributed by atoms with van der Waals surface area (Å²) in [7, 11) is 0. The van der Waals surface area contributed by atoms with Crippen LogP contribution in [0.1, 0.15) is 5.89 Å². The van der Waals surface area contributed by atoms with Gasteiger partial charge >= 0.3 is 6.03 Å². The summed E-state index contributed by atoms with van der Waals surface area (Å²) in [6.45, 7) is 1.73. The molecule has 7 heteroatoms. The smallest absolute Gasteiger partial charge is 0.317 e. The van der Waals surface area contributed by atoms with Gasteiger partial charge in [-0.05, 0) is 12.1 Å². The molecule has 20 heavy (non-hydrogen) atoms. The minimum absolute atomic E-state index is 0.112. The molecule has 0 spiro atoms. The molecule has 0 aliphatic carbocycles. The number of amides is 2. The summed E-state index contributed by atoms with van der Waals surface area (Å²) in [5, 5.41) is 2.77. The Morgan fingerprint density at radius 1 is 1.45 bits per heavy atom. The zero-order valence-corrected chi connectivity index (χ0v) is 11.6. The van der Waals surface area contributed by atoms with E-state index in [0.29, 0.717) is 17.0 Å². The lowest BCUT2D eigenvalue weighted by atomic mass is 10.3. The highest BCUT2D eigenvalue weighted by atomic mass is 32.2. The van der Waals surface area contributed by atoms with Crippen LogP contribution in [-0.2, 0) is 6.54 Å². The number of fused-ring (bicyclic) bond motifs is 1. The van der Waals surface area contributed by atoms with Gasteiger partial charge in [0.25, 0.3) is 0 Å². The molecule has 0 bridgehead atoms. The summed E-state index contributed by atoms with van der Waals surface area (Å²) in [6, 6.07) is 4.05. The fourth-order valence-electron chi connectivity index (χ4n) is 2.05. The van der Waals surface area contributed by atoms with Crippen molar-refractivity contribution in [2.75, 3.05) is 24.6 Å². The molecule has 2 aromatic rings. The topological polar surface area (TPSA) is 58.4 Å². The summed E-state index contributed by atoms with van der Waals surface area (Å²) >= 11 is 1.85. The molecule has 1 fully saturated rings. The highest BCUT2D eigenvalue weighted by Crippen LogP contribution is 2.16. The lowest BCUT2D eigenvalue weighted by molar-refractivity contribution is 0.201. The summed E-state index contributed by atoms with van der Waals surface area (Å²) in [6.07, 6.45) is 0. The monoisotopic (exact) mass is 295 g/mol. The van der Waals surface area contributed by atoms with Crippen molar-refractivity contribution >= 4 is 28.9 Å². The number of oxazole rings is 1. The van der Waals surface area contributed by atoms with Gasteiger partial charge in [-0.15, -0.1) is 0 Å². The SMILES string of the molecule is O=C(NCc1nc2cc(F)ccc2o1)N1CCSCC1. The van der Waals surface area contributed by atoms with Crippen LogP contribution in [0, 0.1) is 5.82 Å². The van der Waals surface area contributed by atoms with Gasteiger partial charge in [0.2, 0.25) is 5.89 Å². The number of carbonyl (C=O) groups is 1. The van der Waals surface area contributed by atoms with Gasteiger partial charge in [0.05, 0.1) is 6.54 Å². The Hall–Kier alpha value is -1.76. The summed E-state index contributed by atoms with van der Waals surface area (Å²) in [5.41, 5.74) is 0.980. The van der Waals surface area contributed by atoms with E-state index >= 15 is 0 Å². The predicted octanol–water partition coefficient (Wildman–Crippen LogP) is 2.23. The largest absolute Gasteiger partial charge is 0.439 e. The first-order valence-electron chi connectivity index (χ1n) is 6.38. The molecule has 1 aromatic carbocycles. The minimum Gasteiger partial charge on any atom is -0.439 e. The van der Waals surface area contributed by atoms with Gasteiger partial charge in [-0.25, -0.2) is 14.2 Å². The molecular formula is C13H14FN3O2S. The molecule has 1 N–H and O–H groups in total. The van der Waals surface area contributed by atoms with E-state index in [2.05, 4.69) is 10.3 Å². The molecule has 106 valence electrons. The molecule has 1 aromatic heterocycles. The summed E-state index contributed by atoms with van der Waals surface area (Å²) < 4.78 is 18.5. The number of rotatable bonds is 2. The lowest BCUT2D eigenvalue weighted by Crippen LogP contribution is -2.44. The second kappa shape index (κ2) is 5.70. The van der Waals surface area contributed by atoms with Crippen molar-refractivity contribution in [3.05, 3.63) is 29.9 Å². The molecule has 5 nitrogen and oxygen atoms in total. The lowest BCUT2D eigenvalue weighted by Gasteiger charge is -2.26. The normalized spacial score (nSPS) is 15.6. The van der Waals surface area contributed by atoms with Gasteiger partial charge in [0, 0.05) is 30.7 Å². The van der Waals surface area contributed by atoms with Crippen LogP contribution in [0.4, 0.5) is 9.18 Å². The zero-order valence-electron chi connectivity index (χ0n) is 10.8. The molecule has 0 atom stereocenters. The number of urea groups is 1. The Labute approximate surface area is 119 Å². The van der Waals surface area contributed by atoms with Crippen LogP contribution in [-0.4, -0.2) is 40.5 Å². The number of nitrogens with zero attached hydrogens (tertiary/aromatic N) is 2. The maximum Gasteiger partial charge on any atom is 0.317 e. The quantitative estimate of drug-likeness (QED) is 0.923. The molecule has 2 amide bonds. The second-order valence-corrected chi connectivity index (χ2v) is 5.70. The average molecular weight is 295 g/mol. The van der Waals surface area contributed by atoms with Crippen molar-refractivity contribution in [1.82, 2.24) is 15.2 Å². The van der Waals surface area contributed by atoms with Crippen LogP contribution in [0.15, 0.2) is 22.6 Å². The van der Waals surface area contributed by atoms with E-state index in [4.69, 9.17) is 4.42 Å². The fraction of sp³-hybridized carbons (Fsp3) is 0.385. The number of carbonyl (C=O) groups excluding carboxylic acids is 1. The third kappa shape index (κ3) is 2.87. The van der Waals surface area contributed by atoms with Gasteiger partial charge in [0.15, 0.2) is 5.58 Å². The first kappa shape index (κ1) is 13.2. The van der Waals surface area contributed by atoms with E-state index in [1.54, 1.807) is 4.90 Å². The highest BCUT2D eigenvalue weighted by molar-refractivity contribution is 7.99. The number of benzene rings is 1. The van der Waals surface area contributed by atoms with Crippen LogP contribution in [0.5, 0.6) is 0 Å². The van der Waals surface area contributed by atoms with Gasteiger partial charge in [-0.1, -0.05) is 0 Å². The van der Waals surface area contributed by atoms with Crippen LogP contribution >= 0.6 is 11.8 Å². The predicted molar refractivity (Wildman–Crippen MR) is 75.1 cm³/mol. The van der Waals surface area contributed by atoms with Crippen LogP contribution in [0.2, 0.25) is 0 Å². The van der Waals surface area contributed by atoms with Crippen molar-refractivity contribution in [3.63, 3.8) is 0 Å². The van der Waals surface area contributed by atoms with E-state index in [0.717, 1.165) is 24.6 Å². The second-order valence-electron chi connectivity index (χ2n) is 4.48. The Balaban J connectivity index is 1.63. The number of halogens is 1. The third-order valence-electron chi connectivity index (χ3n) is 3.08. The Morgan fingerprint density at radius 2 is 2.25 bits per heavy atom. The van der Waals surface area contributed by atoms with E-state index < -0.39 is 0 Å². The third-order valence-corrected chi connectivity index (χ3v) is 4.03. The van der Waals surface area contributed by atoms with Crippen molar-refractivity contribution in [2.24, 2.45) is 0 Å². The first-order chi connectivity index (χ1) is 9.72. The Kier molecular flexibility index (Phi) is 3.77. The molecule has 0 radical (unpaired) electrons. The standard InChI is InChI=1S/C13H14FN3O2S/c14-9-1-2-11-10(7-9)16-12(19-11)8-15-13(18)17-3-5-20-6-4-17/h1-2,7H,3-6,8H2,(H,15,18). The number of aromatic nitrogens is 1. The van der Waals surface area contributed by atoms with Gasteiger partial charge < -0.3 is 14.6 Å². The molecule has 1 aliphatic heterocycles. The van der Waals surface area contributed by atoms with E-state index in [9.17, 15) is 9.18 Å². The summed E-state index contributed by atoms with van der Waals surface area (Å²) in [5.74, 6) is 1.96. The van der Waals surface area contributed by atoms with Gasteiger partial charge in [0.1, 0.15) is 11.3 Å². The molecule has 0 unspecified atom stereocenters. The van der Waals surface area contributed by atoms with Gasteiger partial charge in [-0.3, -0.25) is 0 Å². The van der Waals surface area contributed by atoms with E-state index in [1.807, 2.05) is 11.8 Å². The summed E-state index contributed by atoms with van der Waals surface area (Å²) in [4.78, 5) is 17.8. The Bertz CT molecular complexity index is 625. The van der Waals surface area contributed by atoms with Crippen molar-refractivity contribution in [3.8, 4) is 0 Å². The molecule has 2 heterocycles. The molecule has 0 saturated carbocycles. The fourth-order valence-corrected chi connectivity index (χ4v) is 2.96. The molecule has 1 aliphatic rings. The minimum atomic E-state index is -0.354. The first-order valence-corrected chi connectivity index (χ1v) is 7.53. The van der Waals surface area contributed by atoms with Crippen molar-refractivity contribution in [1.29, 1.82) is 0 Å². The van der Waals surface area contributed by atoms with E-state index in [1.165, 1.54) is 18.2 Å². The maximum atomic E-state index is 13.0. The Morgan fingerprint density at radius 3 is 3.05 bits per heavy atom. The van der Waals surface area contributed by atoms with Crippen LogP contribution in [0.25, 0.3) is 11.1 Å². The molecular weight excluding hydrogens is 281 g/mol. The van der Waals surface area contributed by atoms with Crippen LogP contribution < -0.4 is 5.32 Å². The van der Waals surface area contributed by atoms with Crippen molar-refractivity contribution in [2.45, 2.75) is 6.54 Å². The number of nitrogens with one attached hydrogen (secondary N) is 1. The average Bonchev–Trinajstić information content (AvgIpc) is 2.87. The molecule has 1 saturated heterocycles.